The second kappa shape index (κ2) is 3.16. The highest BCUT2D eigenvalue weighted by molar-refractivity contribution is 5.08. The first-order chi connectivity index (χ1) is 5.20. The highest BCUT2D eigenvalue weighted by Crippen LogP contribution is 2.12. The maximum absolute atomic E-state index is 9.92. The van der Waals surface area contributed by atoms with E-state index in [0.717, 1.165) is 0 Å². The van der Waals surface area contributed by atoms with E-state index in [9.17, 15) is 10.1 Å². The second-order valence-electron chi connectivity index (χ2n) is 2.09. The summed E-state index contributed by atoms with van der Waals surface area (Å²) in [5, 5.41) is 19.0. The molecule has 0 fully saturated rings. The van der Waals surface area contributed by atoms with Gasteiger partial charge < -0.3 is 9.52 Å². The zero-order valence-electron chi connectivity index (χ0n) is 5.64. The van der Waals surface area contributed by atoms with Gasteiger partial charge in [-0.3, -0.25) is 10.1 Å². The number of aliphatic hydroxyl groups excluding tert-OH is 1. The standard InChI is InChI=1S/C6H7NO4/c8-6(3-7(9)10)5-1-2-11-4-5/h1-2,4,6,8H,3H2/t6-/m1/s1. The third kappa shape index (κ3) is 2.05. The van der Waals surface area contributed by atoms with Crippen LogP contribution in [0.5, 0.6) is 0 Å². The molecule has 60 valence electrons. The normalized spacial score (nSPS) is 12.8. The Hall–Kier alpha value is -1.36. The summed E-state index contributed by atoms with van der Waals surface area (Å²) < 4.78 is 4.63. The van der Waals surface area contributed by atoms with Crippen molar-refractivity contribution in [2.24, 2.45) is 0 Å². The van der Waals surface area contributed by atoms with E-state index in [1.807, 2.05) is 0 Å². The van der Waals surface area contributed by atoms with Crippen LogP contribution in [-0.2, 0) is 0 Å². The molecule has 0 aliphatic rings. The van der Waals surface area contributed by atoms with Crippen LogP contribution in [0, 0.1) is 10.1 Å². The molecule has 5 heteroatoms. The quantitative estimate of drug-likeness (QED) is 0.514. The predicted molar refractivity (Wildman–Crippen MR) is 35.5 cm³/mol. The van der Waals surface area contributed by atoms with Crippen molar-refractivity contribution in [3.05, 3.63) is 34.3 Å². The molecule has 0 aliphatic heterocycles. The van der Waals surface area contributed by atoms with Crippen LogP contribution in [0.4, 0.5) is 0 Å². The molecule has 5 nitrogen and oxygen atoms in total. The number of nitro groups is 1. The molecule has 0 saturated carbocycles. The van der Waals surface area contributed by atoms with Crippen LogP contribution in [0.1, 0.15) is 11.7 Å². The van der Waals surface area contributed by atoms with Crippen LogP contribution in [-0.4, -0.2) is 16.6 Å². The van der Waals surface area contributed by atoms with Gasteiger partial charge in [-0.15, -0.1) is 0 Å². The van der Waals surface area contributed by atoms with Crippen LogP contribution in [0.2, 0.25) is 0 Å². The maximum atomic E-state index is 9.92. The van der Waals surface area contributed by atoms with E-state index in [1.165, 1.54) is 18.6 Å². The summed E-state index contributed by atoms with van der Waals surface area (Å²) in [6, 6.07) is 1.49. The Labute approximate surface area is 62.4 Å². The first kappa shape index (κ1) is 7.74. The molecule has 1 atom stereocenters. The topological polar surface area (TPSA) is 76.5 Å². The minimum Gasteiger partial charge on any atom is -0.472 e. The summed E-state index contributed by atoms with van der Waals surface area (Å²) in [6.45, 7) is -0.487. The molecule has 1 heterocycles. The molecule has 0 aliphatic carbocycles. The molecule has 0 aromatic carbocycles. The van der Waals surface area contributed by atoms with Gasteiger partial charge in [-0.05, 0) is 6.07 Å². The molecular weight excluding hydrogens is 150 g/mol. The monoisotopic (exact) mass is 157 g/mol. The van der Waals surface area contributed by atoms with Gasteiger partial charge in [-0.25, -0.2) is 0 Å². The molecule has 0 bridgehead atoms. The first-order valence-corrected chi connectivity index (χ1v) is 3.02. The fourth-order valence-corrected chi connectivity index (χ4v) is 0.711. The number of aliphatic hydroxyl groups is 1. The number of hydrogen-bond acceptors (Lipinski definition) is 4. The van der Waals surface area contributed by atoms with Crippen molar-refractivity contribution < 1.29 is 14.4 Å². The number of furan rings is 1. The highest BCUT2D eigenvalue weighted by atomic mass is 16.6. The summed E-state index contributed by atoms with van der Waals surface area (Å²) in [7, 11) is 0. The van der Waals surface area contributed by atoms with E-state index in [-0.39, 0.29) is 0 Å². The second-order valence-corrected chi connectivity index (χ2v) is 2.09. The molecule has 0 unspecified atom stereocenters. The van der Waals surface area contributed by atoms with Crippen molar-refractivity contribution in [1.82, 2.24) is 0 Å². The third-order valence-electron chi connectivity index (χ3n) is 1.25. The molecule has 1 rings (SSSR count). The minimum absolute atomic E-state index is 0.432. The lowest BCUT2D eigenvalue weighted by molar-refractivity contribution is -0.491. The predicted octanol–water partition coefficient (Wildman–Crippen LogP) is 0.590. The van der Waals surface area contributed by atoms with E-state index < -0.39 is 17.6 Å². The summed E-state index contributed by atoms with van der Waals surface area (Å²) in [5.41, 5.74) is 0.432. The van der Waals surface area contributed by atoms with Crippen molar-refractivity contribution in [2.45, 2.75) is 6.10 Å². The molecule has 1 aromatic rings. The van der Waals surface area contributed by atoms with Gasteiger partial charge >= 0.3 is 0 Å². The molecule has 0 radical (unpaired) electrons. The van der Waals surface area contributed by atoms with Crippen molar-refractivity contribution >= 4 is 0 Å². The maximum Gasteiger partial charge on any atom is 0.233 e. The van der Waals surface area contributed by atoms with Gasteiger partial charge in [0.2, 0.25) is 6.54 Å². The van der Waals surface area contributed by atoms with E-state index >= 15 is 0 Å². The van der Waals surface area contributed by atoms with E-state index in [2.05, 4.69) is 4.42 Å². The average molecular weight is 157 g/mol. The molecule has 1 aromatic heterocycles. The van der Waals surface area contributed by atoms with Crippen LogP contribution < -0.4 is 0 Å². The van der Waals surface area contributed by atoms with Crippen LogP contribution in [0.3, 0.4) is 0 Å². The average Bonchev–Trinajstić information content (AvgIpc) is 2.35. The third-order valence-corrected chi connectivity index (χ3v) is 1.25. The molecule has 0 spiro atoms. The fourth-order valence-electron chi connectivity index (χ4n) is 0.711. The lowest BCUT2D eigenvalue weighted by Gasteiger charge is -1.99. The molecule has 0 amide bonds. The van der Waals surface area contributed by atoms with Gasteiger partial charge in [0.1, 0.15) is 6.10 Å². The lowest BCUT2D eigenvalue weighted by atomic mass is 10.2. The molecule has 11 heavy (non-hydrogen) atoms. The zero-order chi connectivity index (χ0) is 8.27. The highest BCUT2D eigenvalue weighted by Gasteiger charge is 2.14. The van der Waals surface area contributed by atoms with Gasteiger partial charge in [0, 0.05) is 10.5 Å². The Morgan fingerprint density at radius 2 is 2.55 bits per heavy atom. The Kier molecular flexibility index (Phi) is 2.22. The zero-order valence-corrected chi connectivity index (χ0v) is 5.64. The van der Waals surface area contributed by atoms with Crippen molar-refractivity contribution in [3.63, 3.8) is 0 Å². The van der Waals surface area contributed by atoms with E-state index in [1.54, 1.807) is 0 Å². The molecule has 0 saturated heterocycles. The van der Waals surface area contributed by atoms with E-state index in [4.69, 9.17) is 5.11 Å². The van der Waals surface area contributed by atoms with E-state index in [0.29, 0.717) is 5.56 Å². The summed E-state index contributed by atoms with van der Waals surface area (Å²) in [4.78, 5) is 9.35. The van der Waals surface area contributed by atoms with Gasteiger partial charge in [-0.2, -0.15) is 0 Å². The summed E-state index contributed by atoms with van der Waals surface area (Å²) in [6.07, 6.45) is 1.58. The molecule has 1 N–H and O–H groups in total. The van der Waals surface area contributed by atoms with Crippen molar-refractivity contribution in [2.75, 3.05) is 6.54 Å². The van der Waals surface area contributed by atoms with Crippen molar-refractivity contribution in [3.8, 4) is 0 Å². The minimum atomic E-state index is -1.07. The fraction of sp³-hybridized carbons (Fsp3) is 0.333. The van der Waals surface area contributed by atoms with Crippen LogP contribution in [0.15, 0.2) is 23.0 Å². The summed E-state index contributed by atoms with van der Waals surface area (Å²) >= 11 is 0. The van der Waals surface area contributed by atoms with Gasteiger partial charge in [0.25, 0.3) is 0 Å². The number of nitrogens with zero attached hydrogens (tertiary/aromatic N) is 1. The number of hydrogen-bond donors (Lipinski definition) is 1. The first-order valence-electron chi connectivity index (χ1n) is 3.02. The van der Waals surface area contributed by atoms with Crippen LogP contribution >= 0.6 is 0 Å². The van der Waals surface area contributed by atoms with Crippen LogP contribution in [0.25, 0.3) is 0 Å². The largest absolute Gasteiger partial charge is 0.472 e. The summed E-state index contributed by atoms with van der Waals surface area (Å²) in [5.74, 6) is 0. The number of rotatable bonds is 3. The Balaban J connectivity index is 2.56. The Morgan fingerprint density at radius 1 is 1.82 bits per heavy atom. The Bertz CT molecular complexity index is 231. The molecular formula is C6H7NO4. The smallest absolute Gasteiger partial charge is 0.233 e. The Morgan fingerprint density at radius 3 is 3.00 bits per heavy atom. The van der Waals surface area contributed by atoms with Gasteiger partial charge in [-0.1, -0.05) is 0 Å². The lowest BCUT2D eigenvalue weighted by Crippen LogP contribution is -2.10. The SMILES string of the molecule is O=[N+]([O-])C[C@@H](O)c1ccoc1. The van der Waals surface area contributed by atoms with Crippen molar-refractivity contribution in [1.29, 1.82) is 0 Å². The van der Waals surface area contributed by atoms with Gasteiger partial charge in [0.05, 0.1) is 12.5 Å². The van der Waals surface area contributed by atoms with Gasteiger partial charge in [0.15, 0.2) is 0 Å².